The Kier molecular flexibility index (Phi) is 9.43. The van der Waals surface area contributed by atoms with Gasteiger partial charge in [0.05, 0.1) is 19.3 Å². The first-order valence-electron chi connectivity index (χ1n) is 10.2. The predicted molar refractivity (Wildman–Crippen MR) is 116 cm³/mol. The maximum Gasteiger partial charge on any atom is 0.348 e. The molecule has 158 valence electrons. The second-order valence-corrected chi connectivity index (χ2v) is 8.49. The van der Waals surface area contributed by atoms with Gasteiger partial charge in [0.25, 0.3) is 0 Å². The number of likely N-dealkylation sites (tertiary alicyclic amines) is 1. The van der Waals surface area contributed by atoms with Crippen LogP contribution in [-0.2, 0) is 16.0 Å². The van der Waals surface area contributed by atoms with Crippen molar-refractivity contribution < 1.29 is 19.4 Å². The fourth-order valence-electron chi connectivity index (χ4n) is 3.30. The van der Waals surface area contributed by atoms with E-state index in [1.165, 1.54) is 18.4 Å². The fraction of sp³-hybridized carbons (Fsp3) is 0.565. The van der Waals surface area contributed by atoms with E-state index >= 15 is 0 Å². The maximum absolute atomic E-state index is 12.3. The molecule has 29 heavy (non-hydrogen) atoms. The van der Waals surface area contributed by atoms with Crippen LogP contribution in [0, 0.1) is 17.8 Å². The SMILES string of the molecule is CCC#CCC(C)[C@H](O)C=C[C@H]1CCC(=O)N1CCCc1ccc(C(=O)OC)s1. The normalized spacial score (nSPS) is 18.6. The molecule has 1 aliphatic rings. The van der Waals surface area contributed by atoms with Crippen LogP contribution < -0.4 is 0 Å². The van der Waals surface area contributed by atoms with Crippen LogP contribution in [0.5, 0.6) is 0 Å². The van der Waals surface area contributed by atoms with E-state index in [2.05, 4.69) is 11.8 Å². The van der Waals surface area contributed by atoms with Gasteiger partial charge in [0.15, 0.2) is 0 Å². The lowest BCUT2D eigenvalue weighted by Gasteiger charge is -2.23. The average Bonchev–Trinajstić information content (AvgIpc) is 3.33. The van der Waals surface area contributed by atoms with Crippen LogP contribution in [0.15, 0.2) is 24.3 Å². The number of hydrogen-bond acceptors (Lipinski definition) is 5. The Morgan fingerprint density at radius 1 is 1.45 bits per heavy atom. The van der Waals surface area contributed by atoms with Crippen molar-refractivity contribution in [1.29, 1.82) is 0 Å². The zero-order chi connectivity index (χ0) is 21.2. The molecule has 1 fully saturated rings. The molecule has 0 radical (unpaired) electrons. The van der Waals surface area contributed by atoms with E-state index in [-0.39, 0.29) is 23.8 Å². The number of ether oxygens (including phenoxy) is 1. The molecule has 0 saturated carbocycles. The minimum atomic E-state index is -0.554. The fourth-order valence-corrected chi connectivity index (χ4v) is 4.27. The van der Waals surface area contributed by atoms with E-state index in [1.807, 2.05) is 37.0 Å². The molecule has 3 atom stereocenters. The van der Waals surface area contributed by atoms with Crippen LogP contribution in [0.3, 0.4) is 0 Å². The highest BCUT2D eigenvalue weighted by Gasteiger charge is 2.28. The number of aliphatic hydroxyl groups excluding tert-OH is 1. The largest absolute Gasteiger partial charge is 0.465 e. The lowest BCUT2D eigenvalue weighted by molar-refractivity contribution is -0.128. The van der Waals surface area contributed by atoms with Gasteiger partial charge >= 0.3 is 5.97 Å². The second kappa shape index (κ2) is 11.8. The number of rotatable bonds is 9. The van der Waals surface area contributed by atoms with Gasteiger partial charge in [0.2, 0.25) is 5.91 Å². The van der Waals surface area contributed by atoms with Gasteiger partial charge in [0, 0.05) is 30.7 Å². The highest BCUT2D eigenvalue weighted by Crippen LogP contribution is 2.23. The number of hydrogen-bond donors (Lipinski definition) is 1. The van der Waals surface area contributed by atoms with E-state index in [1.54, 1.807) is 6.07 Å². The Labute approximate surface area is 177 Å². The number of thiophene rings is 1. The zero-order valence-electron chi connectivity index (χ0n) is 17.5. The van der Waals surface area contributed by atoms with Gasteiger partial charge < -0.3 is 14.7 Å². The number of aryl methyl sites for hydroxylation is 1. The first kappa shape index (κ1) is 23.2. The molecule has 2 rings (SSSR count). The predicted octanol–water partition coefficient (Wildman–Crippen LogP) is 3.82. The van der Waals surface area contributed by atoms with Gasteiger partial charge in [-0.3, -0.25) is 4.79 Å². The van der Waals surface area contributed by atoms with Crippen molar-refractivity contribution in [2.24, 2.45) is 5.92 Å². The third kappa shape index (κ3) is 7.02. The minimum Gasteiger partial charge on any atom is -0.465 e. The molecule has 1 amide bonds. The summed E-state index contributed by atoms with van der Waals surface area (Å²) in [5.74, 6) is 6.03. The molecule has 0 aliphatic carbocycles. The van der Waals surface area contributed by atoms with Crippen LogP contribution in [0.25, 0.3) is 0 Å². The third-order valence-electron chi connectivity index (χ3n) is 5.08. The molecular weight excluding hydrogens is 386 g/mol. The minimum absolute atomic E-state index is 0.0417. The summed E-state index contributed by atoms with van der Waals surface area (Å²) >= 11 is 1.44. The van der Waals surface area contributed by atoms with E-state index < -0.39 is 6.10 Å². The Morgan fingerprint density at radius 2 is 2.24 bits per heavy atom. The zero-order valence-corrected chi connectivity index (χ0v) is 18.3. The van der Waals surface area contributed by atoms with Crippen LogP contribution in [0.2, 0.25) is 0 Å². The molecule has 2 heterocycles. The van der Waals surface area contributed by atoms with Gasteiger partial charge in [0.1, 0.15) is 4.88 Å². The number of amides is 1. The summed E-state index contributed by atoms with van der Waals surface area (Å²) in [6.45, 7) is 4.67. The number of methoxy groups -OCH3 is 1. The number of aliphatic hydroxyl groups is 1. The molecule has 1 aromatic heterocycles. The van der Waals surface area contributed by atoms with E-state index in [4.69, 9.17) is 4.74 Å². The molecule has 0 aromatic carbocycles. The van der Waals surface area contributed by atoms with Gasteiger partial charge in [-0.25, -0.2) is 4.79 Å². The van der Waals surface area contributed by atoms with Gasteiger partial charge in [-0.15, -0.1) is 23.2 Å². The molecule has 1 aromatic rings. The van der Waals surface area contributed by atoms with Crippen molar-refractivity contribution in [2.75, 3.05) is 13.7 Å². The summed E-state index contributed by atoms with van der Waals surface area (Å²) in [4.78, 5) is 27.4. The smallest absolute Gasteiger partial charge is 0.348 e. The second-order valence-electron chi connectivity index (χ2n) is 7.32. The molecule has 0 spiro atoms. The van der Waals surface area contributed by atoms with E-state index in [9.17, 15) is 14.7 Å². The van der Waals surface area contributed by atoms with Crippen LogP contribution in [-0.4, -0.2) is 47.7 Å². The summed E-state index contributed by atoms with van der Waals surface area (Å²) < 4.78 is 4.74. The van der Waals surface area contributed by atoms with Crippen LogP contribution >= 0.6 is 11.3 Å². The number of carbonyl (C=O) groups excluding carboxylic acids is 2. The van der Waals surface area contributed by atoms with Crippen molar-refractivity contribution in [3.8, 4) is 11.8 Å². The van der Waals surface area contributed by atoms with Crippen molar-refractivity contribution in [2.45, 2.75) is 64.5 Å². The number of nitrogens with zero attached hydrogens (tertiary/aromatic N) is 1. The van der Waals surface area contributed by atoms with Crippen molar-refractivity contribution in [3.63, 3.8) is 0 Å². The molecule has 1 saturated heterocycles. The molecule has 6 heteroatoms. The summed E-state index contributed by atoms with van der Waals surface area (Å²) in [6, 6.07) is 3.77. The Bertz CT molecular complexity index is 773. The average molecular weight is 418 g/mol. The van der Waals surface area contributed by atoms with Crippen LogP contribution in [0.1, 0.15) is 60.5 Å². The van der Waals surface area contributed by atoms with E-state index in [0.29, 0.717) is 24.3 Å². The lowest BCUT2D eigenvalue weighted by atomic mass is 10.00. The molecule has 1 aliphatic heterocycles. The highest BCUT2D eigenvalue weighted by atomic mass is 32.1. The maximum atomic E-state index is 12.3. The van der Waals surface area contributed by atoms with Crippen molar-refractivity contribution in [1.82, 2.24) is 4.90 Å². The summed E-state index contributed by atoms with van der Waals surface area (Å²) in [5, 5.41) is 10.3. The summed E-state index contributed by atoms with van der Waals surface area (Å²) in [5.41, 5.74) is 0. The Balaban J connectivity index is 1.85. The highest BCUT2D eigenvalue weighted by molar-refractivity contribution is 7.13. The lowest BCUT2D eigenvalue weighted by Crippen LogP contribution is -2.33. The standard InChI is InChI=1S/C23H31NO4S/c1-4-5-6-8-17(2)20(25)13-10-18-11-15-22(26)24(18)16-7-9-19-12-14-21(29-19)23(27)28-3/h10,12-14,17-18,20,25H,4,7-9,11,15-16H2,1-3H3/t17?,18-,20+/m0/s1. The summed E-state index contributed by atoms with van der Waals surface area (Å²) in [6.07, 6.45) is 7.72. The molecule has 1 unspecified atom stereocenters. The monoisotopic (exact) mass is 417 g/mol. The van der Waals surface area contributed by atoms with Crippen molar-refractivity contribution in [3.05, 3.63) is 34.0 Å². The summed E-state index contributed by atoms with van der Waals surface area (Å²) in [7, 11) is 1.38. The van der Waals surface area contributed by atoms with E-state index in [0.717, 1.165) is 30.6 Å². The van der Waals surface area contributed by atoms with Crippen LogP contribution in [0.4, 0.5) is 0 Å². The molecule has 5 nitrogen and oxygen atoms in total. The topological polar surface area (TPSA) is 66.8 Å². The number of esters is 1. The first-order valence-corrected chi connectivity index (χ1v) is 11.1. The van der Waals surface area contributed by atoms with Crippen molar-refractivity contribution >= 4 is 23.2 Å². The van der Waals surface area contributed by atoms with Gasteiger partial charge in [-0.2, -0.15) is 0 Å². The number of carbonyl (C=O) groups is 2. The van der Waals surface area contributed by atoms with Gasteiger partial charge in [-0.05, 0) is 37.3 Å². The molecular formula is C23H31NO4S. The van der Waals surface area contributed by atoms with Gasteiger partial charge in [-0.1, -0.05) is 26.0 Å². The quantitative estimate of drug-likeness (QED) is 0.377. The molecule has 0 bridgehead atoms. The molecule has 1 N–H and O–H groups in total. The Hall–Kier alpha value is -2.10. The first-order chi connectivity index (χ1) is 14.0. The Morgan fingerprint density at radius 3 is 2.97 bits per heavy atom. The third-order valence-corrected chi connectivity index (χ3v) is 6.21.